The van der Waals surface area contributed by atoms with Crippen molar-refractivity contribution in [3.05, 3.63) is 23.8 Å². The van der Waals surface area contributed by atoms with Gasteiger partial charge in [0, 0.05) is 18.2 Å². The van der Waals surface area contributed by atoms with Crippen LogP contribution in [-0.4, -0.2) is 30.2 Å². The third kappa shape index (κ3) is 2.27. The first-order valence-electron chi connectivity index (χ1n) is 8.03. The van der Waals surface area contributed by atoms with Crippen LogP contribution in [0, 0.1) is 5.92 Å². The number of carbonyl (C=O) groups excluding carboxylic acids is 1. The summed E-state index contributed by atoms with van der Waals surface area (Å²) < 4.78 is 10.7. The van der Waals surface area contributed by atoms with Crippen LogP contribution < -0.4 is 9.47 Å². The van der Waals surface area contributed by atoms with E-state index < -0.39 is 0 Å². The van der Waals surface area contributed by atoms with Crippen molar-refractivity contribution in [2.75, 3.05) is 13.3 Å². The maximum atomic E-state index is 12.9. The largest absolute Gasteiger partial charge is 0.454 e. The number of piperidine rings is 1. The molecule has 2 unspecified atom stereocenters. The molecule has 2 fully saturated rings. The lowest BCUT2D eigenvalue weighted by molar-refractivity contribution is 0.0390. The van der Waals surface area contributed by atoms with E-state index in [0.717, 1.165) is 24.3 Å². The van der Waals surface area contributed by atoms with Gasteiger partial charge in [-0.2, -0.15) is 0 Å². The Labute approximate surface area is 125 Å². The van der Waals surface area contributed by atoms with Crippen molar-refractivity contribution < 1.29 is 14.3 Å². The Morgan fingerprint density at radius 3 is 2.81 bits per heavy atom. The fourth-order valence-electron chi connectivity index (χ4n) is 4.07. The van der Waals surface area contributed by atoms with Gasteiger partial charge in [-0.15, -0.1) is 0 Å². The molecule has 4 rings (SSSR count). The Morgan fingerprint density at radius 2 is 1.86 bits per heavy atom. The van der Waals surface area contributed by atoms with Crippen LogP contribution in [-0.2, 0) is 0 Å². The maximum absolute atomic E-state index is 12.9. The van der Waals surface area contributed by atoms with Gasteiger partial charge in [0.15, 0.2) is 11.5 Å². The van der Waals surface area contributed by atoms with Crippen LogP contribution >= 0.6 is 0 Å². The highest BCUT2D eigenvalue weighted by atomic mass is 16.7. The number of fused-ring (bicyclic) bond motifs is 2. The molecule has 21 heavy (non-hydrogen) atoms. The van der Waals surface area contributed by atoms with E-state index in [9.17, 15) is 4.79 Å². The van der Waals surface area contributed by atoms with Gasteiger partial charge in [-0.25, -0.2) is 0 Å². The summed E-state index contributed by atoms with van der Waals surface area (Å²) in [6, 6.07) is 5.99. The molecular formula is C17H21NO3. The maximum Gasteiger partial charge on any atom is 0.254 e. The molecule has 4 nitrogen and oxygen atoms in total. The van der Waals surface area contributed by atoms with Gasteiger partial charge < -0.3 is 14.4 Å². The Bertz CT molecular complexity index is 555. The minimum absolute atomic E-state index is 0.157. The second-order valence-electron chi connectivity index (χ2n) is 6.32. The van der Waals surface area contributed by atoms with Crippen molar-refractivity contribution in [2.45, 2.75) is 44.6 Å². The van der Waals surface area contributed by atoms with Gasteiger partial charge in [0.05, 0.1) is 0 Å². The summed E-state index contributed by atoms with van der Waals surface area (Å²) in [6.07, 6.45) is 7.46. The highest BCUT2D eigenvalue weighted by Crippen LogP contribution is 2.37. The molecular weight excluding hydrogens is 266 g/mol. The second-order valence-corrected chi connectivity index (χ2v) is 6.32. The van der Waals surface area contributed by atoms with Crippen LogP contribution in [0.25, 0.3) is 0 Å². The van der Waals surface area contributed by atoms with Crippen molar-refractivity contribution in [2.24, 2.45) is 5.92 Å². The Hall–Kier alpha value is -1.71. The first kappa shape index (κ1) is 13.0. The van der Waals surface area contributed by atoms with Gasteiger partial charge in [-0.3, -0.25) is 4.79 Å². The van der Waals surface area contributed by atoms with Crippen molar-refractivity contribution >= 4 is 5.91 Å². The average Bonchev–Trinajstić information content (AvgIpc) is 3.01. The predicted molar refractivity (Wildman–Crippen MR) is 78.6 cm³/mol. The number of hydrogen-bond donors (Lipinski definition) is 0. The van der Waals surface area contributed by atoms with Gasteiger partial charge in [-0.1, -0.05) is 12.8 Å². The first-order chi connectivity index (χ1) is 10.3. The zero-order chi connectivity index (χ0) is 14.2. The third-order valence-electron chi connectivity index (χ3n) is 5.12. The summed E-state index contributed by atoms with van der Waals surface area (Å²) >= 11 is 0. The van der Waals surface area contributed by atoms with Gasteiger partial charge in [0.1, 0.15) is 0 Å². The zero-order valence-electron chi connectivity index (χ0n) is 12.2. The lowest BCUT2D eigenvalue weighted by atomic mass is 9.78. The molecule has 2 atom stereocenters. The van der Waals surface area contributed by atoms with Crippen molar-refractivity contribution in [1.29, 1.82) is 0 Å². The van der Waals surface area contributed by atoms with E-state index in [1.54, 1.807) is 0 Å². The molecule has 3 aliphatic rings. The van der Waals surface area contributed by atoms with Gasteiger partial charge in [-0.05, 0) is 49.8 Å². The van der Waals surface area contributed by atoms with Crippen molar-refractivity contribution in [3.63, 3.8) is 0 Å². The van der Waals surface area contributed by atoms with E-state index in [2.05, 4.69) is 4.90 Å². The van der Waals surface area contributed by atoms with Gasteiger partial charge >= 0.3 is 0 Å². The average molecular weight is 287 g/mol. The fraction of sp³-hybridized carbons (Fsp3) is 0.588. The topological polar surface area (TPSA) is 38.8 Å². The minimum atomic E-state index is 0.157. The molecule has 1 aromatic rings. The highest BCUT2D eigenvalue weighted by molar-refractivity contribution is 5.95. The van der Waals surface area contributed by atoms with Crippen molar-refractivity contribution in [1.82, 2.24) is 4.90 Å². The number of benzene rings is 1. The molecule has 1 saturated carbocycles. The van der Waals surface area contributed by atoms with E-state index in [4.69, 9.17) is 9.47 Å². The van der Waals surface area contributed by atoms with E-state index in [1.165, 1.54) is 32.1 Å². The quantitative estimate of drug-likeness (QED) is 0.796. The number of nitrogens with zero attached hydrogens (tertiary/aromatic N) is 1. The van der Waals surface area contributed by atoms with Crippen LogP contribution in [0.15, 0.2) is 18.2 Å². The molecule has 1 saturated heterocycles. The smallest absolute Gasteiger partial charge is 0.254 e. The fourth-order valence-corrected chi connectivity index (χ4v) is 4.07. The van der Waals surface area contributed by atoms with Gasteiger partial charge in [0.2, 0.25) is 6.79 Å². The third-order valence-corrected chi connectivity index (χ3v) is 5.12. The number of carbonyl (C=O) groups is 1. The summed E-state index contributed by atoms with van der Waals surface area (Å²) in [5, 5.41) is 0. The standard InChI is InChI=1S/C17H21NO3/c19-17(13-7-8-15-16(10-13)21-11-20-15)18-9-3-5-12-4-1-2-6-14(12)18/h7-8,10,12,14H,1-6,9,11H2. The molecule has 112 valence electrons. The highest BCUT2D eigenvalue weighted by Gasteiger charge is 2.36. The lowest BCUT2D eigenvalue weighted by Gasteiger charge is -2.44. The number of hydrogen-bond acceptors (Lipinski definition) is 3. The zero-order valence-corrected chi connectivity index (χ0v) is 12.2. The van der Waals surface area contributed by atoms with E-state index in [1.807, 2.05) is 18.2 Å². The molecule has 2 heterocycles. The summed E-state index contributed by atoms with van der Waals surface area (Å²) in [6.45, 7) is 1.15. The second kappa shape index (κ2) is 5.24. The van der Waals surface area contributed by atoms with Crippen molar-refractivity contribution in [3.8, 4) is 11.5 Å². The molecule has 4 heteroatoms. The molecule has 0 aromatic heterocycles. The van der Waals surface area contributed by atoms with Crippen LogP contribution in [0.3, 0.4) is 0 Å². The number of amides is 1. The van der Waals surface area contributed by atoms with E-state index in [-0.39, 0.29) is 12.7 Å². The molecule has 0 bridgehead atoms. The van der Waals surface area contributed by atoms with Crippen LogP contribution in [0.2, 0.25) is 0 Å². The Morgan fingerprint density at radius 1 is 1.05 bits per heavy atom. The lowest BCUT2D eigenvalue weighted by Crippen LogP contribution is -2.49. The summed E-state index contributed by atoms with van der Waals surface area (Å²) in [4.78, 5) is 15.0. The van der Waals surface area contributed by atoms with Crippen LogP contribution in [0.1, 0.15) is 48.9 Å². The normalized spacial score (nSPS) is 27.3. The first-order valence-corrected chi connectivity index (χ1v) is 8.03. The SMILES string of the molecule is O=C(c1ccc2c(c1)OCO2)N1CCCC2CCCCC21. The molecule has 1 aromatic carbocycles. The Balaban J connectivity index is 1.58. The molecule has 0 N–H and O–H groups in total. The molecule has 0 radical (unpaired) electrons. The number of likely N-dealkylation sites (tertiary alicyclic amines) is 1. The van der Waals surface area contributed by atoms with E-state index in [0.29, 0.717) is 17.7 Å². The monoisotopic (exact) mass is 287 g/mol. The number of rotatable bonds is 1. The van der Waals surface area contributed by atoms with E-state index >= 15 is 0 Å². The molecule has 2 aliphatic heterocycles. The summed E-state index contributed by atoms with van der Waals surface area (Å²) in [7, 11) is 0. The Kier molecular flexibility index (Phi) is 3.24. The molecule has 1 amide bonds. The minimum Gasteiger partial charge on any atom is -0.454 e. The van der Waals surface area contributed by atoms with Crippen LogP contribution in [0.5, 0.6) is 11.5 Å². The van der Waals surface area contributed by atoms with Gasteiger partial charge in [0.25, 0.3) is 5.91 Å². The summed E-state index contributed by atoms with van der Waals surface area (Å²) in [5.74, 6) is 2.30. The summed E-state index contributed by atoms with van der Waals surface area (Å²) in [5.41, 5.74) is 0.727. The van der Waals surface area contributed by atoms with Crippen LogP contribution in [0.4, 0.5) is 0 Å². The molecule has 1 aliphatic carbocycles. The molecule has 0 spiro atoms. The predicted octanol–water partition coefficient (Wildman–Crippen LogP) is 3.21. The number of ether oxygens (including phenoxy) is 2.